The highest BCUT2D eigenvalue weighted by molar-refractivity contribution is 5.22. The number of hydrogen-bond acceptors (Lipinski definition) is 3. The molecular weight excluding hydrogens is 243 g/mol. The normalized spacial score (nSPS) is 15.6. The molecule has 0 amide bonds. The van der Waals surface area contributed by atoms with E-state index in [4.69, 9.17) is 4.74 Å². The minimum absolute atomic E-state index is 0.138. The summed E-state index contributed by atoms with van der Waals surface area (Å²) in [6.07, 6.45) is 0.417. The Bertz CT molecular complexity index is 438. The zero-order valence-electron chi connectivity index (χ0n) is 11.9. The maximum absolute atomic E-state index is 12.8. The summed E-state index contributed by atoms with van der Waals surface area (Å²) in [5.41, 5.74) is -0.631. The van der Waals surface area contributed by atoms with Crippen molar-refractivity contribution in [1.82, 2.24) is 5.32 Å². The Hall–Kier alpha value is -1.60. The van der Waals surface area contributed by atoms with Crippen molar-refractivity contribution in [1.29, 1.82) is 5.26 Å². The molecular formula is C15H21FN2O. The van der Waals surface area contributed by atoms with Crippen molar-refractivity contribution in [3.8, 4) is 11.8 Å². The van der Waals surface area contributed by atoms with E-state index < -0.39 is 5.54 Å². The van der Waals surface area contributed by atoms with Gasteiger partial charge in [-0.3, -0.25) is 5.32 Å². The van der Waals surface area contributed by atoms with Gasteiger partial charge in [-0.2, -0.15) is 5.26 Å². The summed E-state index contributed by atoms with van der Waals surface area (Å²) in [6.45, 7) is 7.76. The third-order valence-electron chi connectivity index (χ3n) is 2.70. The molecule has 1 aromatic carbocycles. The molecule has 0 aliphatic heterocycles. The van der Waals surface area contributed by atoms with Crippen molar-refractivity contribution in [3.63, 3.8) is 0 Å². The lowest BCUT2D eigenvalue weighted by molar-refractivity contribution is 0.176. The predicted molar refractivity (Wildman–Crippen MR) is 73.4 cm³/mol. The predicted octanol–water partition coefficient (Wildman–Crippen LogP) is 3.26. The van der Waals surface area contributed by atoms with Gasteiger partial charge in [0.05, 0.1) is 12.2 Å². The summed E-state index contributed by atoms with van der Waals surface area (Å²) in [6, 6.07) is 8.40. The quantitative estimate of drug-likeness (QED) is 0.857. The second-order valence-corrected chi connectivity index (χ2v) is 5.33. The Kier molecular flexibility index (Phi) is 5.31. The first-order chi connectivity index (χ1) is 8.84. The largest absolute Gasteiger partial charge is 0.491 e. The van der Waals surface area contributed by atoms with E-state index in [2.05, 4.69) is 11.4 Å². The van der Waals surface area contributed by atoms with E-state index in [1.807, 2.05) is 27.7 Å². The van der Waals surface area contributed by atoms with Crippen molar-refractivity contribution in [3.05, 3.63) is 30.1 Å². The number of rotatable bonds is 6. The number of halogens is 1. The van der Waals surface area contributed by atoms with Crippen molar-refractivity contribution in [2.45, 2.75) is 51.8 Å². The van der Waals surface area contributed by atoms with Crippen LogP contribution in [-0.2, 0) is 0 Å². The third kappa shape index (κ3) is 5.27. The maximum Gasteiger partial charge on any atom is 0.123 e. The highest BCUT2D eigenvalue weighted by Crippen LogP contribution is 2.19. The Morgan fingerprint density at radius 1 is 1.32 bits per heavy atom. The number of nitriles is 1. The molecule has 0 fully saturated rings. The van der Waals surface area contributed by atoms with Crippen LogP contribution in [0.15, 0.2) is 24.3 Å². The third-order valence-corrected chi connectivity index (χ3v) is 2.70. The molecule has 1 rings (SSSR count). The van der Waals surface area contributed by atoms with Gasteiger partial charge in [0.15, 0.2) is 0 Å². The van der Waals surface area contributed by atoms with E-state index in [-0.39, 0.29) is 18.0 Å². The van der Waals surface area contributed by atoms with Gasteiger partial charge >= 0.3 is 0 Å². The molecule has 0 bridgehead atoms. The molecule has 0 aromatic heterocycles. The molecule has 19 heavy (non-hydrogen) atoms. The molecule has 0 radical (unpaired) electrons. The summed E-state index contributed by atoms with van der Waals surface area (Å²) >= 11 is 0. The van der Waals surface area contributed by atoms with E-state index in [0.717, 1.165) is 0 Å². The number of benzene rings is 1. The summed E-state index contributed by atoms with van der Waals surface area (Å²) in [5.74, 6) is 0.321. The zero-order valence-corrected chi connectivity index (χ0v) is 11.9. The van der Waals surface area contributed by atoms with Crippen LogP contribution in [0.25, 0.3) is 0 Å². The summed E-state index contributed by atoms with van der Waals surface area (Å²) in [4.78, 5) is 0. The Morgan fingerprint density at radius 3 is 2.37 bits per heavy atom. The smallest absolute Gasteiger partial charge is 0.123 e. The fraction of sp³-hybridized carbons (Fsp3) is 0.533. The fourth-order valence-corrected chi connectivity index (χ4v) is 2.14. The molecule has 3 nitrogen and oxygen atoms in total. The van der Waals surface area contributed by atoms with Crippen LogP contribution in [0, 0.1) is 17.1 Å². The molecule has 0 saturated carbocycles. The number of ether oxygens (including phenoxy) is 1. The molecule has 0 aliphatic carbocycles. The van der Waals surface area contributed by atoms with Gasteiger partial charge in [-0.15, -0.1) is 0 Å². The average molecular weight is 264 g/mol. The molecule has 104 valence electrons. The molecule has 2 unspecified atom stereocenters. The van der Waals surface area contributed by atoms with Crippen molar-refractivity contribution in [2.24, 2.45) is 0 Å². The summed E-state index contributed by atoms with van der Waals surface area (Å²) in [5, 5.41) is 12.5. The van der Waals surface area contributed by atoms with Crippen LogP contribution < -0.4 is 10.1 Å². The number of nitrogens with one attached hydrogen (secondary N) is 1. The Labute approximate surface area is 114 Å². The van der Waals surface area contributed by atoms with Gasteiger partial charge in [0.2, 0.25) is 0 Å². The topological polar surface area (TPSA) is 45.0 Å². The van der Waals surface area contributed by atoms with Gasteiger partial charge < -0.3 is 4.74 Å². The molecule has 1 N–H and O–H groups in total. The highest BCUT2D eigenvalue weighted by Gasteiger charge is 2.27. The van der Waals surface area contributed by atoms with E-state index in [0.29, 0.717) is 12.2 Å². The summed E-state index contributed by atoms with van der Waals surface area (Å²) in [7, 11) is 0. The lowest BCUT2D eigenvalue weighted by Gasteiger charge is -2.29. The van der Waals surface area contributed by atoms with Gasteiger partial charge in [-0.05, 0) is 52.0 Å². The molecule has 1 aromatic rings. The lowest BCUT2D eigenvalue weighted by atomic mass is 9.95. The minimum Gasteiger partial charge on any atom is -0.491 e. The van der Waals surface area contributed by atoms with Crippen molar-refractivity contribution in [2.75, 3.05) is 0 Å². The van der Waals surface area contributed by atoms with Gasteiger partial charge in [0.25, 0.3) is 0 Å². The molecule has 4 heteroatoms. The van der Waals surface area contributed by atoms with Gasteiger partial charge in [0, 0.05) is 12.5 Å². The summed E-state index contributed by atoms with van der Waals surface area (Å²) < 4.78 is 18.5. The van der Waals surface area contributed by atoms with Crippen molar-refractivity contribution < 1.29 is 9.13 Å². The standard InChI is InChI=1S/C15H21FN2O/c1-11(2)18-15(4,10-17)9-12(3)19-14-7-5-13(16)6-8-14/h5-8,11-12,18H,9H2,1-4H3. The fourth-order valence-electron chi connectivity index (χ4n) is 2.14. The van der Waals surface area contributed by atoms with Crippen LogP contribution in [0.4, 0.5) is 4.39 Å². The second-order valence-electron chi connectivity index (χ2n) is 5.33. The number of hydrogen-bond donors (Lipinski definition) is 1. The number of nitrogens with zero attached hydrogens (tertiary/aromatic N) is 1. The molecule has 0 spiro atoms. The van der Waals surface area contributed by atoms with Crippen LogP contribution in [0.3, 0.4) is 0 Å². The highest BCUT2D eigenvalue weighted by atomic mass is 19.1. The van der Waals surface area contributed by atoms with Gasteiger partial charge in [-0.25, -0.2) is 4.39 Å². The second kappa shape index (κ2) is 6.53. The first-order valence-electron chi connectivity index (χ1n) is 6.46. The average Bonchev–Trinajstić information content (AvgIpc) is 2.31. The monoisotopic (exact) mass is 264 g/mol. The molecule has 0 heterocycles. The zero-order chi connectivity index (χ0) is 14.5. The molecule has 2 atom stereocenters. The van der Waals surface area contributed by atoms with Gasteiger partial charge in [0.1, 0.15) is 17.1 Å². The Morgan fingerprint density at radius 2 is 1.89 bits per heavy atom. The van der Waals surface area contributed by atoms with E-state index in [9.17, 15) is 9.65 Å². The maximum atomic E-state index is 12.8. The van der Waals surface area contributed by atoms with Crippen LogP contribution in [0.1, 0.15) is 34.1 Å². The Balaban J connectivity index is 2.61. The minimum atomic E-state index is -0.631. The molecule has 0 aliphatic rings. The van der Waals surface area contributed by atoms with E-state index >= 15 is 0 Å². The molecule has 0 saturated heterocycles. The first-order valence-corrected chi connectivity index (χ1v) is 6.46. The van der Waals surface area contributed by atoms with Crippen molar-refractivity contribution >= 4 is 0 Å². The van der Waals surface area contributed by atoms with Crippen LogP contribution >= 0.6 is 0 Å². The van der Waals surface area contributed by atoms with Crippen LogP contribution in [0.2, 0.25) is 0 Å². The van der Waals surface area contributed by atoms with Gasteiger partial charge in [-0.1, -0.05) is 0 Å². The van der Waals surface area contributed by atoms with Crippen LogP contribution in [0.5, 0.6) is 5.75 Å². The van der Waals surface area contributed by atoms with E-state index in [1.165, 1.54) is 12.1 Å². The lowest BCUT2D eigenvalue weighted by Crippen LogP contribution is -2.47. The SMILES string of the molecule is CC(C)NC(C)(C#N)CC(C)Oc1ccc(F)cc1. The van der Waals surface area contributed by atoms with E-state index in [1.54, 1.807) is 12.1 Å². The first kappa shape index (κ1) is 15.5. The van der Waals surface area contributed by atoms with Crippen LogP contribution in [-0.4, -0.2) is 17.7 Å².